The van der Waals surface area contributed by atoms with Gasteiger partial charge in [0.1, 0.15) is 23.5 Å². The van der Waals surface area contributed by atoms with E-state index >= 15 is 0 Å². The molecule has 6 nitrogen and oxygen atoms in total. The highest BCUT2D eigenvalue weighted by Crippen LogP contribution is 2.45. The number of alkyl halides is 3. The van der Waals surface area contributed by atoms with Gasteiger partial charge in [0.2, 0.25) is 5.72 Å². The fraction of sp³-hybridized carbons (Fsp3) is 0.182. The zero-order valence-electron chi connectivity index (χ0n) is 16.2. The average Bonchev–Trinajstić information content (AvgIpc) is 3.23. The number of rotatable bonds is 4. The molecular weight excluding hydrogens is 449 g/mol. The van der Waals surface area contributed by atoms with Gasteiger partial charge < -0.3 is 20.2 Å². The third kappa shape index (κ3) is 3.74. The van der Waals surface area contributed by atoms with E-state index in [1.165, 1.54) is 41.7 Å². The van der Waals surface area contributed by atoms with E-state index in [9.17, 15) is 27.9 Å². The Labute approximate surface area is 185 Å². The Hall–Kier alpha value is -3.30. The lowest BCUT2D eigenvalue weighted by Crippen LogP contribution is -2.72. The van der Waals surface area contributed by atoms with Crippen molar-refractivity contribution in [3.05, 3.63) is 83.1 Å². The van der Waals surface area contributed by atoms with Crippen molar-refractivity contribution in [2.45, 2.75) is 17.9 Å². The second-order valence-corrected chi connectivity index (χ2v) is 7.64. The van der Waals surface area contributed by atoms with E-state index in [0.717, 1.165) is 0 Å². The highest BCUT2D eigenvalue weighted by Gasteiger charge is 2.66. The monoisotopic (exact) mass is 464 g/mol. The van der Waals surface area contributed by atoms with E-state index in [1.54, 1.807) is 30.3 Å². The topological polar surface area (TPSA) is 91.6 Å². The number of aliphatic hydroxyl groups is 1. The van der Waals surface area contributed by atoms with Crippen molar-refractivity contribution in [1.29, 1.82) is 0 Å². The summed E-state index contributed by atoms with van der Waals surface area (Å²) in [6.45, 7) is 0. The lowest BCUT2D eigenvalue weighted by molar-refractivity contribution is -0.288. The molecule has 1 aliphatic heterocycles. The van der Waals surface area contributed by atoms with Crippen LogP contribution in [-0.2, 0) is 0 Å². The molecule has 166 valence electrons. The predicted octanol–water partition coefficient (Wildman–Crippen LogP) is 4.70. The fourth-order valence-electron chi connectivity index (χ4n) is 3.68. The summed E-state index contributed by atoms with van der Waals surface area (Å²) in [6, 6.07) is 13.7. The molecule has 3 N–H and O–H groups in total. The summed E-state index contributed by atoms with van der Waals surface area (Å²) < 4.78 is 47.5. The Kier molecular flexibility index (Phi) is 5.47. The number of hydrogen-bond donors (Lipinski definition) is 3. The van der Waals surface area contributed by atoms with Crippen molar-refractivity contribution >= 4 is 23.4 Å². The zero-order valence-corrected chi connectivity index (χ0v) is 16.9. The lowest BCUT2D eigenvalue weighted by atomic mass is 9.79. The maximum absolute atomic E-state index is 13.9. The maximum Gasteiger partial charge on any atom is 0.437 e. The van der Waals surface area contributed by atoms with E-state index in [2.05, 4.69) is 5.32 Å². The van der Waals surface area contributed by atoms with Crippen molar-refractivity contribution < 1.29 is 32.3 Å². The Morgan fingerprint density at radius 2 is 1.69 bits per heavy atom. The molecule has 2 amide bonds. The van der Waals surface area contributed by atoms with Crippen LogP contribution in [0.25, 0.3) is 11.3 Å². The average molecular weight is 465 g/mol. The normalized spacial score (nSPS) is 23.3. The molecule has 3 aromatic rings. The molecule has 1 aromatic heterocycles. The lowest BCUT2D eigenvalue weighted by Gasteiger charge is -2.44. The van der Waals surface area contributed by atoms with Gasteiger partial charge in [0.25, 0.3) is 0 Å². The van der Waals surface area contributed by atoms with Crippen LogP contribution in [0.5, 0.6) is 0 Å². The molecule has 3 atom stereocenters. The van der Waals surface area contributed by atoms with Gasteiger partial charge in [0.05, 0.1) is 5.02 Å². The van der Waals surface area contributed by atoms with Gasteiger partial charge in [-0.1, -0.05) is 54.1 Å². The van der Waals surface area contributed by atoms with Crippen molar-refractivity contribution in [2.24, 2.45) is 5.92 Å². The molecule has 2 aromatic carbocycles. The smallest absolute Gasteiger partial charge is 0.437 e. The second-order valence-electron chi connectivity index (χ2n) is 7.23. The standard InChI is InChI=1S/C22H16ClF3N2O4/c23-14-9-5-4-8-13(14)15-10-11-16(32-15)18-17(19(29)12-6-2-1-3-7-12)21(31,22(24,25)26)28-20(30)27-18/h1-11,17-18,31H,(H2,27,28,30). The number of Topliss-reactive ketones (excluding diaryl/α,β-unsaturated/α-hetero) is 1. The number of nitrogens with one attached hydrogen (secondary N) is 2. The summed E-state index contributed by atoms with van der Waals surface area (Å²) in [7, 11) is 0. The molecular formula is C22H16ClF3N2O4. The Bertz CT molecular complexity index is 1170. The van der Waals surface area contributed by atoms with Gasteiger partial charge in [-0.05, 0) is 24.3 Å². The van der Waals surface area contributed by atoms with Crippen LogP contribution in [0.2, 0.25) is 5.02 Å². The molecule has 1 aliphatic rings. The second kappa shape index (κ2) is 7.99. The first-order valence-corrected chi connectivity index (χ1v) is 9.81. The first kappa shape index (κ1) is 21.9. The van der Waals surface area contributed by atoms with Crippen LogP contribution < -0.4 is 10.6 Å². The van der Waals surface area contributed by atoms with Crippen LogP contribution in [0.4, 0.5) is 18.0 Å². The summed E-state index contributed by atoms with van der Waals surface area (Å²) in [5, 5.41) is 14.7. The van der Waals surface area contributed by atoms with E-state index in [1.807, 2.05) is 0 Å². The number of amides is 2. The number of ketones is 1. The van der Waals surface area contributed by atoms with Gasteiger partial charge in [0, 0.05) is 11.1 Å². The minimum atomic E-state index is -5.35. The first-order chi connectivity index (χ1) is 15.1. The number of benzene rings is 2. The highest BCUT2D eigenvalue weighted by molar-refractivity contribution is 6.33. The van der Waals surface area contributed by atoms with Gasteiger partial charge >= 0.3 is 12.2 Å². The van der Waals surface area contributed by atoms with Crippen LogP contribution in [0, 0.1) is 5.92 Å². The minimum absolute atomic E-state index is 0.0685. The number of carbonyl (C=O) groups is 2. The SMILES string of the molecule is O=C1NC(c2ccc(-c3ccccc3Cl)o2)C(C(=O)c2ccccc2)C(O)(C(F)(F)F)N1. The van der Waals surface area contributed by atoms with E-state index in [4.69, 9.17) is 16.0 Å². The number of carbonyl (C=O) groups excluding carboxylic acids is 2. The summed E-state index contributed by atoms with van der Waals surface area (Å²) >= 11 is 6.16. The highest BCUT2D eigenvalue weighted by atomic mass is 35.5. The number of furan rings is 1. The molecule has 0 radical (unpaired) electrons. The van der Waals surface area contributed by atoms with Crippen LogP contribution >= 0.6 is 11.6 Å². The van der Waals surface area contributed by atoms with Crippen molar-refractivity contribution in [1.82, 2.24) is 10.6 Å². The van der Waals surface area contributed by atoms with Crippen molar-refractivity contribution in [2.75, 3.05) is 0 Å². The summed E-state index contributed by atoms with van der Waals surface area (Å²) in [5.74, 6) is -3.13. The molecule has 4 rings (SSSR count). The van der Waals surface area contributed by atoms with Gasteiger partial charge in [-0.25, -0.2) is 4.79 Å². The molecule has 0 spiro atoms. The molecule has 0 saturated carbocycles. The van der Waals surface area contributed by atoms with Gasteiger partial charge in [-0.15, -0.1) is 0 Å². The third-order valence-electron chi connectivity index (χ3n) is 5.22. The number of urea groups is 1. The van der Waals surface area contributed by atoms with Crippen LogP contribution in [-0.4, -0.2) is 28.8 Å². The zero-order chi connectivity index (χ0) is 23.1. The van der Waals surface area contributed by atoms with Gasteiger partial charge in [-0.2, -0.15) is 13.2 Å². The maximum atomic E-state index is 13.9. The molecule has 10 heteroatoms. The van der Waals surface area contributed by atoms with Crippen LogP contribution in [0.1, 0.15) is 22.2 Å². The van der Waals surface area contributed by atoms with E-state index < -0.39 is 35.7 Å². The van der Waals surface area contributed by atoms with E-state index in [-0.39, 0.29) is 17.1 Å². The molecule has 1 fully saturated rings. The third-order valence-corrected chi connectivity index (χ3v) is 5.55. The van der Waals surface area contributed by atoms with E-state index in [0.29, 0.717) is 10.6 Å². The number of hydrogen-bond acceptors (Lipinski definition) is 4. The summed E-state index contributed by atoms with van der Waals surface area (Å²) in [4.78, 5) is 25.3. The van der Waals surface area contributed by atoms with Gasteiger partial charge in [0.15, 0.2) is 5.78 Å². The fourth-order valence-corrected chi connectivity index (χ4v) is 3.91. The molecule has 1 saturated heterocycles. The predicted molar refractivity (Wildman–Crippen MR) is 109 cm³/mol. The van der Waals surface area contributed by atoms with Crippen molar-refractivity contribution in [3.8, 4) is 11.3 Å². The quantitative estimate of drug-likeness (QED) is 0.488. The molecule has 0 aliphatic carbocycles. The molecule has 3 unspecified atom stereocenters. The van der Waals surface area contributed by atoms with Crippen molar-refractivity contribution in [3.63, 3.8) is 0 Å². The van der Waals surface area contributed by atoms with Crippen LogP contribution in [0.15, 0.2) is 71.1 Å². The summed E-state index contributed by atoms with van der Waals surface area (Å²) in [5.41, 5.74) is -3.43. The van der Waals surface area contributed by atoms with Crippen LogP contribution in [0.3, 0.4) is 0 Å². The Balaban J connectivity index is 1.82. The van der Waals surface area contributed by atoms with Gasteiger partial charge in [-0.3, -0.25) is 4.79 Å². The largest absolute Gasteiger partial charge is 0.459 e. The number of halogens is 4. The molecule has 0 bridgehead atoms. The molecule has 32 heavy (non-hydrogen) atoms. The first-order valence-electron chi connectivity index (χ1n) is 9.43. The Morgan fingerprint density at radius 3 is 2.34 bits per heavy atom. The minimum Gasteiger partial charge on any atom is -0.459 e. The summed E-state index contributed by atoms with van der Waals surface area (Å²) in [6.07, 6.45) is -5.35. The Morgan fingerprint density at radius 1 is 1.03 bits per heavy atom. The molecule has 2 heterocycles.